The van der Waals surface area contributed by atoms with Gasteiger partial charge in [0.05, 0.1) is 36.7 Å². The van der Waals surface area contributed by atoms with Crippen molar-refractivity contribution >= 4 is 22.8 Å². The van der Waals surface area contributed by atoms with Crippen LogP contribution in [0, 0.1) is 0 Å². The van der Waals surface area contributed by atoms with E-state index in [1.54, 1.807) is 6.07 Å². The second kappa shape index (κ2) is 6.17. The molecule has 1 atom stereocenters. The van der Waals surface area contributed by atoms with Gasteiger partial charge in [-0.15, -0.1) is 0 Å². The van der Waals surface area contributed by atoms with E-state index in [-0.39, 0.29) is 11.5 Å². The van der Waals surface area contributed by atoms with Gasteiger partial charge in [-0.25, -0.2) is 9.78 Å². The molecule has 8 nitrogen and oxygen atoms in total. The number of nitrogens with zero attached hydrogens (tertiary/aromatic N) is 1. The number of piperazine rings is 1. The van der Waals surface area contributed by atoms with E-state index in [1.165, 1.54) is 19.2 Å². The van der Waals surface area contributed by atoms with Crippen LogP contribution in [0.5, 0.6) is 0 Å². The van der Waals surface area contributed by atoms with Crippen LogP contribution in [0.2, 0.25) is 0 Å². The number of H-pyrrole nitrogens is 1. The van der Waals surface area contributed by atoms with Gasteiger partial charge in [-0.3, -0.25) is 9.59 Å². The summed E-state index contributed by atoms with van der Waals surface area (Å²) in [5.41, 5.74) is 0.517. The van der Waals surface area contributed by atoms with E-state index in [0.29, 0.717) is 41.9 Å². The van der Waals surface area contributed by atoms with Crippen LogP contribution in [0.25, 0.3) is 10.9 Å². The van der Waals surface area contributed by atoms with Crippen molar-refractivity contribution in [2.24, 2.45) is 0 Å². The smallest absolute Gasteiger partial charge is 0.337 e. The second-order valence-electron chi connectivity index (χ2n) is 5.44. The molecule has 1 unspecified atom stereocenters. The van der Waals surface area contributed by atoms with E-state index in [0.717, 1.165) is 11.4 Å². The average molecular weight is 317 g/mol. The predicted octanol–water partition coefficient (Wildman–Crippen LogP) is -1.78. The Hall–Kier alpha value is -2.74. The summed E-state index contributed by atoms with van der Waals surface area (Å²) in [5, 5.41) is 3.17. The Labute approximate surface area is 131 Å². The van der Waals surface area contributed by atoms with Gasteiger partial charge in [0.1, 0.15) is 6.54 Å². The molecule has 1 aliphatic heterocycles. The zero-order valence-electron chi connectivity index (χ0n) is 12.6. The number of ether oxygens (including phenoxy) is 1. The van der Waals surface area contributed by atoms with E-state index >= 15 is 0 Å². The first-order chi connectivity index (χ1) is 11.1. The zero-order chi connectivity index (χ0) is 16.4. The number of aromatic amines is 1. The normalized spacial score (nSPS) is 17.8. The molecule has 0 radical (unpaired) electrons. The Morgan fingerprint density at radius 3 is 2.96 bits per heavy atom. The second-order valence-corrected chi connectivity index (χ2v) is 5.44. The molecule has 1 saturated heterocycles. The standard InChI is InChI=1S/C15H16N4O4/c1-23-15(22)9-2-3-10-11(6-9)17-12(18-14(10)21)7-19-5-4-16-13(20)8-19/h2-3,6H,4-5,7-8H2,1H3,(H,16,20)(H,17,18,21)/p+1. The van der Waals surface area contributed by atoms with Crippen molar-refractivity contribution in [3.63, 3.8) is 0 Å². The quantitative estimate of drug-likeness (QED) is 0.581. The third kappa shape index (κ3) is 3.21. The van der Waals surface area contributed by atoms with Gasteiger partial charge < -0.3 is 19.9 Å². The Balaban J connectivity index is 1.93. The van der Waals surface area contributed by atoms with Gasteiger partial charge in [0, 0.05) is 0 Å². The van der Waals surface area contributed by atoms with E-state index in [2.05, 4.69) is 20.0 Å². The number of rotatable bonds is 3. The van der Waals surface area contributed by atoms with Crippen LogP contribution in [-0.4, -0.2) is 48.6 Å². The molecule has 2 aromatic rings. The summed E-state index contributed by atoms with van der Waals surface area (Å²) in [6.07, 6.45) is 0. The molecular weight excluding hydrogens is 300 g/mol. The highest BCUT2D eigenvalue weighted by atomic mass is 16.5. The van der Waals surface area contributed by atoms with Crippen LogP contribution in [0.4, 0.5) is 0 Å². The summed E-state index contributed by atoms with van der Waals surface area (Å²) in [7, 11) is 1.30. The maximum absolute atomic E-state index is 12.2. The summed E-state index contributed by atoms with van der Waals surface area (Å²) >= 11 is 0. The van der Waals surface area contributed by atoms with Crippen molar-refractivity contribution < 1.29 is 19.2 Å². The summed E-state index contributed by atoms with van der Waals surface area (Å²) in [6, 6.07) is 4.63. The van der Waals surface area contributed by atoms with Crippen LogP contribution in [0.3, 0.4) is 0 Å². The number of esters is 1. The lowest BCUT2D eigenvalue weighted by molar-refractivity contribution is -0.907. The SMILES string of the molecule is COC(=O)c1ccc2c(=O)[nH]c(C[NH+]3CCNC(=O)C3)nc2c1. The van der Waals surface area contributed by atoms with Crippen molar-refractivity contribution in [1.29, 1.82) is 0 Å². The van der Waals surface area contributed by atoms with Gasteiger partial charge in [-0.2, -0.15) is 0 Å². The molecular formula is C15H17N4O4+. The average Bonchev–Trinajstić information content (AvgIpc) is 2.53. The molecule has 0 spiro atoms. The number of amides is 1. The molecule has 8 heteroatoms. The lowest BCUT2D eigenvalue weighted by atomic mass is 10.1. The highest BCUT2D eigenvalue weighted by molar-refractivity contribution is 5.93. The molecule has 0 bridgehead atoms. The molecule has 2 heterocycles. The van der Waals surface area contributed by atoms with E-state index in [1.807, 2.05) is 0 Å². The van der Waals surface area contributed by atoms with Crippen LogP contribution >= 0.6 is 0 Å². The van der Waals surface area contributed by atoms with Crippen molar-refractivity contribution in [2.45, 2.75) is 6.54 Å². The van der Waals surface area contributed by atoms with Crippen LogP contribution in [-0.2, 0) is 16.1 Å². The van der Waals surface area contributed by atoms with Gasteiger partial charge in [0.15, 0.2) is 12.4 Å². The Morgan fingerprint density at radius 2 is 2.22 bits per heavy atom. The molecule has 0 aliphatic carbocycles. The Kier molecular flexibility index (Phi) is 4.07. The van der Waals surface area contributed by atoms with Crippen LogP contribution in [0.1, 0.15) is 16.2 Å². The van der Waals surface area contributed by atoms with Crippen LogP contribution in [0.15, 0.2) is 23.0 Å². The fourth-order valence-electron chi connectivity index (χ4n) is 2.66. The Morgan fingerprint density at radius 1 is 1.39 bits per heavy atom. The number of hydrogen-bond donors (Lipinski definition) is 3. The van der Waals surface area contributed by atoms with Crippen molar-refractivity contribution in [1.82, 2.24) is 15.3 Å². The number of quaternary nitrogens is 1. The lowest BCUT2D eigenvalue weighted by Crippen LogP contribution is -3.14. The first-order valence-electron chi connectivity index (χ1n) is 7.28. The first kappa shape index (κ1) is 15.2. The topological polar surface area (TPSA) is 106 Å². The van der Waals surface area contributed by atoms with Gasteiger partial charge in [0.2, 0.25) is 0 Å². The molecule has 23 heavy (non-hydrogen) atoms. The molecule has 1 aromatic carbocycles. The lowest BCUT2D eigenvalue weighted by Gasteiger charge is -2.22. The third-order valence-electron chi connectivity index (χ3n) is 3.81. The van der Waals surface area contributed by atoms with E-state index < -0.39 is 5.97 Å². The highest BCUT2D eigenvalue weighted by Crippen LogP contribution is 2.11. The number of aromatic nitrogens is 2. The number of fused-ring (bicyclic) bond motifs is 1. The number of carbonyl (C=O) groups is 2. The zero-order valence-corrected chi connectivity index (χ0v) is 12.6. The minimum Gasteiger partial charge on any atom is -0.465 e. The molecule has 1 fully saturated rings. The third-order valence-corrected chi connectivity index (χ3v) is 3.81. The van der Waals surface area contributed by atoms with Crippen molar-refractivity contribution in [3.8, 4) is 0 Å². The minimum atomic E-state index is -0.478. The van der Waals surface area contributed by atoms with E-state index in [4.69, 9.17) is 0 Å². The maximum atomic E-state index is 12.2. The fraction of sp³-hybridized carbons (Fsp3) is 0.333. The highest BCUT2D eigenvalue weighted by Gasteiger charge is 2.21. The van der Waals surface area contributed by atoms with Crippen LogP contribution < -0.4 is 15.8 Å². The maximum Gasteiger partial charge on any atom is 0.337 e. The van der Waals surface area contributed by atoms with Gasteiger partial charge >= 0.3 is 5.97 Å². The number of nitrogens with one attached hydrogen (secondary N) is 3. The minimum absolute atomic E-state index is 0.0117. The van der Waals surface area contributed by atoms with Gasteiger partial charge in [-0.1, -0.05) is 0 Å². The number of carbonyl (C=O) groups excluding carboxylic acids is 2. The molecule has 3 N–H and O–H groups in total. The predicted molar refractivity (Wildman–Crippen MR) is 81.1 cm³/mol. The molecule has 1 amide bonds. The van der Waals surface area contributed by atoms with Gasteiger partial charge in [-0.05, 0) is 18.2 Å². The van der Waals surface area contributed by atoms with Crippen molar-refractivity contribution in [2.75, 3.05) is 26.7 Å². The first-order valence-corrected chi connectivity index (χ1v) is 7.28. The fourth-order valence-corrected chi connectivity index (χ4v) is 2.66. The summed E-state index contributed by atoms with van der Waals surface area (Å²) < 4.78 is 4.68. The summed E-state index contributed by atoms with van der Waals surface area (Å²) in [5.74, 6) is 0.00503. The summed E-state index contributed by atoms with van der Waals surface area (Å²) in [4.78, 5) is 43.4. The Bertz CT molecular complexity index is 830. The van der Waals surface area contributed by atoms with Gasteiger partial charge in [0.25, 0.3) is 11.5 Å². The molecule has 1 aromatic heterocycles. The molecule has 1 aliphatic rings. The van der Waals surface area contributed by atoms with E-state index in [9.17, 15) is 14.4 Å². The summed E-state index contributed by atoms with van der Waals surface area (Å²) in [6.45, 7) is 2.18. The number of hydrogen-bond acceptors (Lipinski definition) is 5. The molecule has 0 saturated carbocycles. The molecule has 3 rings (SSSR count). The number of benzene rings is 1. The molecule has 120 valence electrons. The number of methoxy groups -OCH3 is 1. The monoisotopic (exact) mass is 317 g/mol. The largest absolute Gasteiger partial charge is 0.465 e. The van der Waals surface area contributed by atoms with Crippen molar-refractivity contribution in [3.05, 3.63) is 39.9 Å².